The zero-order valence-electron chi connectivity index (χ0n) is 14.2. The Bertz CT molecular complexity index is 560. The van der Waals surface area contributed by atoms with Crippen LogP contribution in [0.5, 0.6) is 0 Å². The van der Waals surface area contributed by atoms with Crippen molar-refractivity contribution in [2.45, 2.75) is 51.2 Å². The second kappa shape index (κ2) is 6.70. The summed E-state index contributed by atoms with van der Waals surface area (Å²) in [6.45, 7) is 9.24. The molecule has 1 aromatic carbocycles. The maximum Gasteiger partial charge on any atom is 0.410 e. The predicted octanol–water partition coefficient (Wildman–Crippen LogP) is 3.48. The number of likely N-dealkylation sites (tertiary alicyclic amines) is 1. The van der Waals surface area contributed by atoms with Crippen molar-refractivity contribution in [1.29, 1.82) is 0 Å². The number of nitrogens with one attached hydrogen (secondary N) is 1. The summed E-state index contributed by atoms with van der Waals surface area (Å²) >= 11 is 0. The lowest BCUT2D eigenvalue weighted by Crippen LogP contribution is -2.52. The Hall–Kier alpha value is -1.26. The second-order valence-electron chi connectivity index (χ2n) is 7.51. The van der Waals surface area contributed by atoms with Crippen molar-refractivity contribution in [3.8, 4) is 0 Å². The molecule has 2 aliphatic rings. The molecule has 1 spiro atoms. The van der Waals surface area contributed by atoms with Gasteiger partial charge in [-0.3, -0.25) is 0 Å². The van der Waals surface area contributed by atoms with Crippen molar-refractivity contribution >= 4 is 18.5 Å². The molecule has 1 fully saturated rings. The molecule has 4 nitrogen and oxygen atoms in total. The molecule has 3 rings (SSSR count). The molecular formula is C18H27ClN2O2. The Labute approximate surface area is 145 Å². The SMILES string of the molecule is CC(C)(C)OC(=O)N1CCC2(CC1)CNCc1ccccc12.Cl. The second-order valence-corrected chi connectivity index (χ2v) is 7.51. The van der Waals surface area contributed by atoms with E-state index in [0.29, 0.717) is 0 Å². The van der Waals surface area contributed by atoms with Crippen molar-refractivity contribution in [2.24, 2.45) is 0 Å². The van der Waals surface area contributed by atoms with Gasteiger partial charge in [0, 0.05) is 31.6 Å². The summed E-state index contributed by atoms with van der Waals surface area (Å²) in [7, 11) is 0. The molecule has 1 N–H and O–H groups in total. The zero-order valence-corrected chi connectivity index (χ0v) is 15.0. The lowest BCUT2D eigenvalue weighted by atomic mass is 9.69. The van der Waals surface area contributed by atoms with Crippen LogP contribution in [0.15, 0.2) is 24.3 Å². The Morgan fingerprint density at radius 2 is 1.87 bits per heavy atom. The van der Waals surface area contributed by atoms with Gasteiger partial charge in [0.2, 0.25) is 0 Å². The van der Waals surface area contributed by atoms with Crippen LogP contribution in [0.4, 0.5) is 4.79 Å². The van der Waals surface area contributed by atoms with E-state index in [1.807, 2.05) is 25.7 Å². The van der Waals surface area contributed by atoms with Crippen LogP contribution in [0.1, 0.15) is 44.7 Å². The number of hydrogen-bond donors (Lipinski definition) is 1. The average molecular weight is 339 g/mol. The highest BCUT2D eigenvalue weighted by molar-refractivity contribution is 5.85. The van der Waals surface area contributed by atoms with Gasteiger partial charge in [-0.25, -0.2) is 4.79 Å². The molecule has 2 heterocycles. The first-order valence-electron chi connectivity index (χ1n) is 8.17. The number of halogens is 1. The van der Waals surface area contributed by atoms with Crippen molar-refractivity contribution < 1.29 is 9.53 Å². The summed E-state index contributed by atoms with van der Waals surface area (Å²) in [4.78, 5) is 14.1. The van der Waals surface area contributed by atoms with Crippen molar-refractivity contribution in [3.05, 3.63) is 35.4 Å². The van der Waals surface area contributed by atoms with Crippen molar-refractivity contribution in [1.82, 2.24) is 10.2 Å². The minimum atomic E-state index is -0.425. The van der Waals surface area contributed by atoms with Crippen molar-refractivity contribution in [3.63, 3.8) is 0 Å². The first-order chi connectivity index (χ1) is 10.4. The summed E-state index contributed by atoms with van der Waals surface area (Å²) in [5, 5.41) is 3.55. The third-order valence-electron chi connectivity index (χ3n) is 4.74. The fourth-order valence-electron chi connectivity index (χ4n) is 3.61. The average Bonchev–Trinajstić information content (AvgIpc) is 2.47. The summed E-state index contributed by atoms with van der Waals surface area (Å²) in [6.07, 6.45) is 1.81. The van der Waals surface area contributed by atoms with Gasteiger partial charge in [-0.05, 0) is 44.7 Å². The van der Waals surface area contributed by atoms with Gasteiger partial charge in [-0.2, -0.15) is 0 Å². The molecule has 0 atom stereocenters. The molecule has 5 heteroatoms. The standard InChI is InChI=1S/C18H26N2O2.ClH/c1-17(2,3)22-16(21)20-10-8-18(9-11-20)13-19-12-14-6-4-5-7-15(14)18;/h4-7,19H,8-13H2,1-3H3;1H. The third-order valence-corrected chi connectivity index (χ3v) is 4.74. The quantitative estimate of drug-likeness (QED) is 0.787. The van der Waals surface area contributed by atoms with E-state index in [9.17, 15) is 4.79 Å². The van der Waals surface area contributed by atoms with E-state index in [0.717, 1.165) is 39.0 Å². The number of benzene rings is 1. The number of amides is 1. The number of rotatable bonds is 0. The number of ether oxygens (including phenoxy) is 1. The largest absolute Gasteiger partial charge is 0.444 e. The van der Waals surface area contributed by atoms with Crippen LogP contribution in [0, 0.1) is 0 Å². The minimum Gasteiger partial charge on any atom is -0.444 e. The van der Waals surface area contributed by atoms with Crippen LogP contribution in [-0.2, 0) is 16.7 Å². The zero-order chi connectivity index (χ0) is 15.8. The number of piperidine rings is 1. The van der Waals surface area contributed by atoms with Gasteiger partial charge in [0.05, 0.1) is 0 Å². The molecule has 0 bridgehead atoms. The van der Waals surface area contributed by atoms with Crippen LogP contribution >= 0.6 is 12.4 Å². The summed E-state index contributed by atoms with van der Waals surface area (Å²) < 4.78 is 5.49. The summed E-state index contributed by atoms with van der Waals surface area (Å²) in [5.74, 6) is 0. The number of hydrogen-bond acceptors (Lipinski definition) is 3. The third kappa shape index (κ3) is 3.81. The van der Waals surface area contributed by atoms with Gasteiger partial charge in [0.25, 0.3) is 0 Å². The first-order valence-corrected chi connectivity index (χ1v) is 8.17. The topological polar surface area (TPSA) is 41.6 Å². The Kier molecular flexibility index (Phi) is 5.27. The Balaban J connectivity index is 0.00000192. The number of carbonyl (C=O) groups is 1. The maximum atomic E-state index is 12.2. The lowest BCUT2D eigenvalue weighted by Gasteiger charge is -2.45. The molecule has 0 aromatic heterocycles. The van der Waals surface area contributed by atoms with Crippen LogP contribution in [0.2, 0.25) is 0 Å². The predicted molar refractivity (Wildman–Crippen MR) is 94.1 cm³/mol. The molecule has 1 saturated heterocycles. The van der Waals surface area contributed by atoms with Gasteiger partial charge < -0.3 is 15.0 Å². The van der Waals surface area contributed by atoms with Gasteiger partial charge in [0.15, 0.2) is 0 Å². The molecule has 0 radical (unpaired) electrons. The number of nitrogens with zero attached hydrogens (tertiary/aromatic N) is 1. The first kappa shape index (κ1) is 18.1. The molecule has 1 aromatic rings. The van der Waals surface area contributed by atoms with Crippen LogP contribution in [0.25, 0.3) is 0 Å². The van der Waals surface area contributed by atoms with Crippen LogP contribution in [0.3, 0.4) is 0 Å². The highest BCUT2D eigenvalue weighted by Gasteiger charge is 2.40. The van der Waals surface area contributed by atoms with Crippen LogP contribution in [-0.4, -0.2) is 36.2 Å². The van der Waals surface area contributed by atoms with E-state index in [1.54, 1.807) is 0 Å². The molecule has 23 heavy (non-hydrogen) atoms. The molecule has 128 valence electrons. The van der Waals surface area contributed by atoms with Gasteiger partial charge in [-0.1, -0.05) is 24.3 Å². The maximum absolute atomic E-state index is 12.2. The van der Waals surface area contributed by atoms with Gasteiger partial charge in [-0.15, -0.1) is 12.4 Å². The van der Waals surface area contributed by atoms with E-state index in [1.165, 1.54) is 11.1 Å². The highest BCUT2D eigenvalue weighted by atomic mass is 35.5. The van der Waals surface area contributed by atoms with E-state index in [-0.39, 0.29) is 23.9 Å². The smallest absolute Gasteiger partial charge is 0.410 e. The fourth-order valence-corrected chi connectivity index (χ4v) is 3.61. The lowest BCUT2D eigenvalue weighted by molar-refractivity contribution is 0.0159. The summed E-state index contributed by atoms with van der Waals surface area (Å²) in [5.41, 5.74) is 2.62. The van der Waals surface area contributed by atoms with E-state index in [2.05, 4.69) is 29.6 Å². The normalized spacial score (nSPS) is 19.7. The summed E-state index contributed by atoms with van der Waals surface area (Å²) in [6, 6.07) is 8.71. The van der Waals surface area contributed by atoms with Gasteiger partial charge >= 0.3 is 6.09 Å². The fraction of sp³-hybridized carbons (Fsp3) is 0.611. The molecule has 0 unspecified atom stereocenters. The molecule has 1 amide bonds. The van der Waals surface area contributed by atoms with Crippen LogP contribution < -0.4 is 5.32 Å². The molecule has 0 aliphatic carbocycles. The Morgan fingerprint density at radius 3 is 2.52 bits per heavy atom. The number of fused-ring (bicyclic) bond motifs is 2. The monoisotopic (exact) mass is 338 g/mol. The van der Waals surface area contributed by atoms with E-state index in [4.69, 9.17) is 4.74 Å². The number of carbonyl (C=O) groups excluding carboxylic acids is 1. The minimum absolute atomic E-state index is 0. The van der Waals surface area contributed by atoms with Gasteiger partial charge in [0.1, 0.15) is 5.60 Å². The molecular weight excluding hydrogens is 312 g/mol. The van der Waals surface area contributed by atoms with E-state index < -0.39 is 5.60 Å². The molecule has 0 saturated carbocycles. The molecule has 2 aliphatic heterocycles. The van der Waals surface area contributed by atoms with E-state index >= 15 is 0 Å². The highest BCUT2D eigenvalue weighted by Crippen LogP contribution is 2.39. The van der Waals surface area contributed by atoms with Crippen molar-refractivity contribution in [2.75, 3.05) is 19.6 Å². The Morgan fingerprint density at radius 1 is 1.22 bits per heavy atom.